The van der Waals surface area contributed by atoms with E-state index in [1.807, 2.05) is 36.4 Å². The Kier molecular flexibility index (Phi) is 4.54. The van der Waals surface area contributed by atoms with E-state index in [1.54, 1.807) is 0 Å². The van der Waals surface area contributed by atoms with E-state index in [0.29, 0.717) is 37.3 Å². The summed E-state index contributed by atoms with van der Waals surface area (Å²) in [5, 5.41) is 20.5. The van der Waals surface area contributed by atoms with Gasteiger partial charge in [-0.15, -0.1) is 0 Å². The highest BCUT2D eigenvalue weighted by Crippen LogP contribution is 2.36. The van der Waals surface area contributed by atoms with E-state index in [-0.39, 0.29) is 0 Å². The molecule has 2 fully saturated rings. The van der Waals surface area contributed by atoms with Crippen molar-refractivity contribution in [2.24, 2.45) is 0 Å². The summed E-state index contributed by atoms with van der Waals surface area (Å²) >= 11 is 0. The molecule has 4 heteroatoms. The van der Waals surface area contributed by atoms with Crippen LogP contribution in [0.1, 0.15) is 24.0 Å². The molecule has 0 aliphatic carbocycles. The number of nitrogens with zero attached hydrogens (tertiary/aromatic N) is 2. The van der Waals surface area contributed by atoms with Crippen LogP contribution in [0.25, 0.3) is 11.1 Å². The number of nitriles is 1. The van der Waals surface area contributed by atoms with Crippen LogP contribution in [0.4, 0.5) is 0 Å². The second kappa shape index (κ2) is 6.85. The topological polar surface area (TPSA) is 56.5 Å². The lowest BCUT2D eigenvalue weighted by molar-refractivity contribution is -0.133. The van der Waals surface area contributed by atoms with Gasteiger partial charge in [-0.2, -0.15) is 5.26 Å². The number of ether oxygens (including phenoxy) is 1. The number of morpholine rings is 1. The summed E-state index contributed by atoms with van der Waals surface area (Å²) < 4.78 is 5.66. The first kappa shape index (κ1) is 17.2. The molecule has 2 unspecified atom stereocenters. The molecule has 134 valence electrons. The zero-order chi connectivity index (χ0) is 18.1. The van der Waals surface area contributed by atoms with Gasteiger partial charge in [-0.05, 0) is 42.6 Å². The third-order valence-electron chi connectivity index (χ3n) is 5.85. The molecule has 2 aliphatic rings. The molecule has 2 heterocycles. The van der Waals surface area contributed by atoms with Gasteiger partial charge in [0.25, 0.3) is 0 Å². The van der Waals surface area contributed by atoms with Crippen LogP contribution in [0.3, 0.4) is 0 Å². The number of fused-ring (bicyclic) bond motifs is 2. The zero-order valence-corrected chi connectivity index (χ0v) is 15.1. The van der Waals surface area contributed by atoms with Crippen molar-refractivity contribution in [3.8, 4) is 17.2 Å². The largest absolute Gasteiger partial charge is 0.389 e. The molecule has 1 N–H and O–H groups in total. The first-order valence-corrected chi connectivity index (χ1v) is 9.18. The molecular formula is C22H24N2O2. The number of hydrogen-bond acceptors (Lipinski definition) is 4. The number of hydrogen-bond donors (Lipinski definition) is 1. The fourth-order valence-corrected chi connectivity index (χ4v) is 4.40. The summed E-state index contributed by atoms with van der Waals surface area (Å²) in [5.41, 5.74) is 3.13. The molecule has 0 radical (unpaired) electrons. The van der Waals surface area contributed by atoms with E-state index in [9.17, 15) is 10.4 Å². The van der Waals surface area contributed by atoms with Gasteiger partial charge in [-0.3, -0.25) is 4.90 Å². The number of aliphatic hydroxyl groups is 1. The molecule has 4 nitrogen and oxygen atoms in total. The average molecular weight is 348 g/mol. The molecule has 0 spiro atoms. The van der Waals surface area contributed by atoms with Crippen LogP contribution in [0.15, 0.2) is 48.5 Å². The summed E-state index contributed by atoms with van der Waals surface area (Å²) in [7, 11) is 2.14. The minimum atomic E-state index is -0.669. The molecule has 4 rings (SSSR count). The van der Waals surface area contributed by atoms with E-state index in [4.69, 9.17) is 4.74 Å². The van der Waals surface area contributed by atoms with Crippen LogP contribution < -0.4 is 0 Å². The Hall–Kier alpha value is -2.19. The van der Waals surface area contributed by atoms with Crippen LogP contribution in [-0.4, -0.2) is 48.0 Å². The van der Waals surface area contributed by atoms with Gasteiger partial charge in [-0.1, -0.05) is 42.5 Å². The molecule has 0 amide bonds. The van der Waals surface area contributed by atoms with Crippen molar-refractivity contribution in [2.75, 3.05) is 20.3 Å². The van der Waals surface area contributed by atoms with Gasteiger partial charge in [-0.25, -0.2) is 0 Å². The molecule has 2 aromatic carbocycles. The number of piperidine rings is 1. The molecule has 0 aromatic heterocycles. The third kappa shape index (κ3) is 3.26. The standard InChI is InChI=1S/C22H24N2O2/c1-24-19-11-22(25,12-20(24)15-26-14-19)10-16-6-8-17(9-7-16)21-5-3-2-4-18(21)13-23/h2-9,19-20,25H,10-12,14-15H2,1H3. The van der Waals surface area contributed by atoms with Gasteiger partial charge in [0.05, 0.1) is 30.4 Å². The quantitative estimate of drug-likeness (QED) is 0.926. The molecule has 2 bridgehead atoms. The van der Waals surface area contributed by atoms with Gasteiger partial charge >= 0.3 is 0 Å². The number of rotatable bonds is 3. The monoisotopic (exact) mass is 348 g/mol. The lowest BCUT2D eigenvalue weighted by atomic mass is 9.78. The predicted molar refractivity (Wildman–Crippen MR) is 101 cm³/mol. The second-order valence-corrected chi connectivity index (χ2v) is 7.67. The van der Waals surface area contributed by atoms with E-state index in [2.05, 4.69) is 30.1 Å². The predicted octanol–water partition coefficient (Wildman–Crippen LogP) is 2.99. The van der Waals surface area contributed by atoms with Crippen LogP contribution in [0.2, 0.25) is 0 Å². The third-order valence-corrected chi connectivity index (χ3v) is 5.85. The van der Waals surface area contributed by atoms with Crippen molar-refractivity contribution in [1.29, 1.82) is 5.26 Å². The van der Waals surface area contributed by atoms with Crippen LogP contribution >= 0.6 is 0 Å². The summed E-state index contributed by atoms with van der Waals surface area (Å²) in [6, 6.07) is 18.7. The molecule has 0 saturated carbocycles. The highest BCUT2D eigenvalue weighted by molar-refractivity contribution is 5.70. The Bertz CT molecular complexity index is 811. The SMILES string of the molecule is CN1C2COCC1CC(O)(Cc1ccc(-c3ccccc3C#N)cc1)C2. The van der Waals surface area contributed by atoms with Crippen LogP contribution in [0.5, 0.6) is 0 Å². The van der Waals surface area contributed by atoms with Gasteiger partial charge in [0, 0.05) is 18.5 Å². The average Bonchev–Trinajstić information content (AvgIpc) is 2.64. The Labute approximate surface area is 154 Å². The van der Waals surface area contributed by atoms with Crippen molar-refractivity contribution in [1.82, 2.24) is 4.90 Å². The van der Waals surface area contributed by atoms with E-state index in [0.717, 1.165) is 29.5 Å². The Balaban J connectivity index is 1.52. The fraction of sp³-hybridized carbons (Fsp3) is 0.409. The van der Waals surface area contributed by atoms with E-state index >= 15 is 0 Å². The Morgan fingerprint density at radius 3 is 2.42 bits per heavy atom. The molecule has 2 atom stereocenters. The highest BCUT2D eigenvalue weighted by atomic mass is 16.5. The summed E-state index contributed by atoms with van der Waals surface area (Å²) in [6.07, 6.45) is 2.16. The maximum atomic E-state index is 11.2. The van der Waals surface area contributed by atoms with Crippen LogP contribution in [-0.2, 0) is 11.2 Å². The molecule has 2 aliphatic heterocycles. The number of likely N-dealkylation sites (N-methyl/N-ethyl adjacent to an activating group) is 1. The maximum absolute atomic E-state index is 11.2. The first-order chi connectivity index (χ1) is 12.6. The summed E-state index contributed by atoms with van der Waals surface area (Å²) in [6.45, 7) is 1.42. The first-order valence-electron chi connectivity index (χ1n) is 9.18. The van der Waals surface area contributed by atoms with Crippen molar-refractivity contribution >= 4 is 0 Å². The highest BCUT2D eigenvalue weighted by Gasteiger charge is 2.44. The smallest absolute Gasteiger partial charge is 0.0998 e. The van der Waals surface area contributed by atoms with Gasteiger partial charge in [0.15, 0.2) is 0 Å². The summed E-state index contributed by atoms with van der Waals surface area (Å²) in [5.74, 6) is 0. The zero-order valence-electron chi connectivity index (χ0n) is 15.1. The van der Waals surface area contributed by atoms with Crippen molar-refractivity contribution in [3.05, 3.63) is 59.7 Å². The number of benzene rings is 2. The summed E-state index contributed by atoms with van der Waals surface area (Å²) in [4.78, 5) is 2.36. The minimum Gasteiger partial charge on any atom is -0.389 e. The fourth-order valence-electron chi connectivity index (χ4n) is 4.40. The maximum Gasteiger partial charge on any atom is 0.0998 e. The van der Waals surface area contributed by atoms with Gasteiger partial charge in [0.2, 0.25) is 0 Å². The van der Waals surface area contributed by atoms with E-state index < -0.39 is 5.60 Å². The minimum absolute atomic E-state index is 0.300. The molecular weight excluding hydrogens is 324 g/mol. The van der Waals surface area contributed by atoms with Crippen molar-refractivity contribution in [3.63, 3.8) is 0 Å². The Morgan fingerprint density at radius 2 is 1.77 bits per heavy atom. The molecule has 2 aromatic rings. The second-order valence-electron chi connectivity index (χ2n) is 7.67. The van der Waals surface area contributed by atoms with Crippen LogP contribution in [0, 0.1) is 11.3 Å². The van der Waals surface area contributed by atoms with E-state index in [1.165, 1.54) is 0 Å². The lowest BCUT2D eigenvalue weighted by Crippen LogP contribution is -2.60. The lowest BCUT2D eigenvalue weighted by Gasteiger charge is -2.50. The van der Waals surface area contributed by atoms with Gasteiger partial charge in [0.1, 0.15) is 0 Å². The normalized spacial score (nSPS) is 28.5. The van der Waals surface area contributed by atoms with Crippen molar-refractivity contribution in [2.45, 2.75) is 36.9 Å². The van der Waals surface area contributed by atoms with Gasteiger partial charge < -0.3 is 9.84 Å². The molecule has 2 saturated heterocycles. The van der Waals surface area contributed by atoms with Crippen molar-refractivity contribution < 1.29 is 9.84 Å². The Morgan fingerprint density at radius 1 is 1.12 bits per heavy atom. The molecule has 26 heavy (non-hydrogen) atoms.